The molecule has 0 spiro atoms. The van der Waals surface area contributed by atoms with Crippen molar-refractivity contribution in [3.8, 4) is 0 Å². The van der Waals surface area contributed by atoms with Gasteiger partial charge in [0.25, 0.3) is 0 Å². The molecular weight excluding hydrogens is 286 g/mol. The number of alkyl carbamates (subject to hydrolysis) is 1. The van der Waals surface area contributed by atoms with E-state index in [1.165, 1.54) is 6.08 Å². The Kier molecular flexibility index (Phi) is 6.70. The van der Waals surface area contributed by atoms with Gasteiger partial charge in [-0.3, -0.25) is 0 Å². The van der Waals surface area contributed by atoms with Crippen LogP contribution in [0.1, 0.15) is 33.6 Å². The van der Waals surface area contributed by atoms with Gasteiger partial charge in [-0.25, -0.2) is 18.0 Å². The maximum absolute atomic E-state index is 11.5. The zero-order valence-electron chi connectivity index (χ0n) is 12.0. The summed E-state index contributed by atoms with van der Waals surface area (Å²) in [5.41, 5.74) is -0.719. The number of amides is 1. The van der Waals surface area contributed by atoms with Gasteiger partial charge in [-0.05, 0) is 33.6 Å². The molecule has 0 heterocycles. The van der Waals surface area contributed by atoms with Crippen molar-refractivity contribution < 1.29 is 27.9 Å². The van der Waals surface area contributed by atoms with Crippen LogP contribution < -0.4 is 5.32 Å². The molecule has 0 aliphatic heterocycles. The minimum absolute atomic E-state index is 0.0700. The lowest BCUT2D eigenvalue weighted by Gasteiger charge is -2.21. The first-order valence-electron chi connectivity index (χ1n) is 5.99. The molecule has 0 unspecified atom stereocenters. The average molecular weight is 307 g/mol. The lowest BCUT2D eigenvalue weighted by molar-refractivity contribution is -0.139. The fourth-order valence-corrected chi connectivity index (χ4v) is 1.70. The molecule has 0 radical (unpaired) electrons. The molecule has 8 heteroatoms. The third kappa shape index (κ3) is 10.4. The summed E-state index contributed by atoms with van der Waals surface area (Å²) in [6.07, 6.45) is 1.84. The van der Waals surface area contributed by atoms with E-state index in [1.807, 2.05) is 0 Å². The second-order valence-corrected chi connectivity index (χ2v) is 7.25. The van der Waals surface area contributed by atoms with E-state index in [1.54, 1.807) is 20.8 Å². The van der Waals surface area contributed by atoms with Crippen LogP contribution in [-0.4, -0.2) is 43.5 Å². The molecule has 0 saturated carbocycles. The van der Waals surface area contributed by atoms with Gasteiger partial charge in [-0.15, -0.1) is 0 Å². The Hall–Kier alpha value is -1.57. The van der Waals surface area contributed by atoms with Crippen molar-refractivity contribution in [2.45, 2.75) is 45.3 Å². The highest BCUT2D eigenvalue weighted by Gasteiger charge is 2.23. The number of carboxylic acid groups (broad SMARTS) is 1. The second-order valence-electron chi connectivity index (χ2n) is 5.32. The molecule has 0 aliphatic carbocycles. The first-order valence-corrected chi connectivity index (χ1v) is 7.95. The molecule has 0 rings (SSSR count). The minimum atomic E-state index is -3.23. The van der Waals surface area contributed by atoms with Gasteiger partial charge in [0, 0.05) is 11.7 Å². The van der Waals surface area contributed by atoms with Crippen molar-refractivity contribution in [3.63, 3.8) is 0 Å². The van der Waals surface area contributed by atoms with E-state index >= 15 is 0 Å². The van der Waals surface area contributed by atoms with Gasteiger partial charge >= 0.3 is 12.1 Å². The van der Waals surface area contributed by atoms with E-state index in [2.05, 4.69) is 5.32 Å². The third-order valence-corrected chi connectivity index (χ3v) is 2.64. The molecular formula is C12H21NO6S. The van der Waals surface area contributed by atoms with E-state index in [9.17, 15) is 18.0 Å². The van der Waals surface area contributed by atoms with E-state index < -0.39 is 33.5 Å². The predicted octanol–water partition coefficient (Wildman–Crippen LogP) is 1.30. The average Bonchev–Trinajstić information content (AvgIpc) is 2.17. The van der Waals surface area contributed by atoms with Gasteiger partial charge < -0.3 is 15.2 Å². The Labute approximate surface area is 118 Å². The van der Waals surface area contributed by atoms with Gasteiger partial charge in [0.2, 0.25) is 0 Å². The normalized spacial score (nSPS) is 14.0. The summed E-state index contributed by atoms with van der Waals surface area (Å²) in [5.74, 6) is -1.20. The Bertz CT molecular complexity index is 475. The highest BCUT2D eigenvalue weighted by molar-refractivity contribution is 7.93. The maximum Gasteiger partial charge on any atom is 0.408 e. The molecule has 0 aromatic rings. The summed E-state index contributed by atoms with van der Waals surface area (Å²) in [7, 11) is -3.23. The summed E-state index contributed by atoms with van der Waals surface area (Å²) < 4.78 is 26.7. The Morgan fingerprint density at radius 3 is 2.30 bits per heavy atom. The molecule has 0 aliphatic rings. The number of hydrogen-bond acceptors (Lipinski definition) is 5. The quantitative estimate of drug-likeness (QED) is 0.765. The highest BCUT2D eigenvalue weighted by atomic mass is 32.2. The number of aliphatic carboxylic acids is 1. The van der Waals surface area contributed by atoms with Crippen molar-refractivity contribution in [1.29, 1.82) is 0 Å². The van der Waals surface area contributed by atoms with Crippen LogP contribution in [0.25, 0.3) is 0 Å². The third-order valence-electron chi connectivity index (χ3n) is 1.95. The molecule has 7 nitrogen and oxygen atoms in total. The number of ether oxygens (including phenoxy) is 1. The standard InChI is InChI=1S/C12H21NO6S/c1-12(2,3)19-11(16)13-9(10(14)15)7-5-6-8-20(4,17)18/h6,8-9H,5,7H2,1-4H3,(H,13,16)(H,14,15)/t9-/m0/s1. The Morgan fingerprint density at radius 1 is 1.35 bits per heavy atom. The lowest BCUT2D eigenvalue weighted by atomic mass is 10.1. The number of nitrogens with one attached hydrogen (secondary N) is 1. The number of carbonyl (C=O) groups is 2. The zero-order valence-corrected chi connectivity index (χ0v) is 12.9. The fourth-order valence-electron chi connectivity index (χ4n) is 1.21. The van der Waals surface area contributed by atoms with Gasteiger partial charge in [0.05, 0.1) is 0 Å². The summed E-state index contributed by atoms with van der Waals surface area (Å²) >= 11 is 0. The molecule has 0 aromatic carbocycles. The minimum Gasteiger partial charge on any atom is -0.480 e. The van der Waals surface area contributed by atoms with Crippen molar-refractivity contribution in [2.24, 2.45) is 0 Å². The van der Waals surface area contributed by atoms with Crippen molar-refractivity contribution in [2.75, 3.05) is 6.26 Å². The highest BCUT2D eigenvalue weighted by Crippen LogP contribution is 2.08. The van der Waals surface area contributed by atoms with E-state index in [0.29, 0.717) is 0 Å². The number of rotatable bonds is 6. The largest absolute Gasteiger partial charge is 0.480 e. The molecule has 0 aromatic heterocycles. The van der Waals surface area contributed by atoms with Crippen LogP contribution in [0.4, 0.5) is 4.79 Å². The first-order chi connectivity index (χ1) is 8.91. The van der Waals surface area contributed by atoms with Crippen LogP contribution >= 0.6 is 0 Å². The van der Waals surface area contributed by atoms with Crippen LogP contribution in [0.3, 0.4) is 0 Å². The van der Waals surface area contributed by atoms with Crippen molar-refractivity contribution in [1.82, 2.24) is 5.32 Å². The zero-order chi connectivity index (χ0) is 16.0. The van der Waals surface area contributed by atoms with Crippen molar-refractivity contribution in [3.05, 3.63) is 11.5 Å². The summed E-state index contributed by atoms with van der Waals surface area (Å²) in [6.45, 7) is 4.99. The second kappa shape index (κ2) is 7.28. The smallest absolute Gasteiger partial charge is 0.408 e. The summed E-state index contributed by atoms with van der Waals surface area (Å²) in [5, 5.41) is 12.2. The maximum atomic E-state index is 11.5. The molecule has 0 bridgehead atoms. The monoisotopic (exact) mass is 307 g/mol. The Morgan fingerprint density at radius 2 is 1.90 bits per heavy atom. The fraction of sp³-hybridized carbons (Fsp3) is 0.667. The van der Waals surface area contributed by atoms with E-state index in [-0.39, 0.29) is 12.8 Å². The first kappa shape index (κ1) is 18.4. The van der Waals surface area contributed by atoms with Crippen LogP contribution in [0, 0.1) is 0 Å². The number of allylic oxidation sites excluding steroid dienone is 1. The molecule has 1 amide bonds. The van der Waals surface area contributed by atoms with Crippen LogP contribution in [0.15, 0.2) is 11.5 Å². The molecule has 0 saturated heterocycles. The molecule has 0 fully saturated rings. The van der Waals surface area contributed by atoms with Gasteiger partial charge in [-0.2, -0.15) is 0 Å². The van der Waals surface area contributed by atoms with Crippen LogP contribution in [0.5, 0.6) is 0 Å². The Balaban J connectivity index is 4.42. The van der Waals surface area contributed by atoms with Crippen LogP contribution in [0.2, 0.25) is 0 Å². The van der Waals surface area contributed by atoms with Gasteiger partial charge in [-0.1, -0.05) is 6.08 Å². The number of carbonyl (C=O) groups excluding carboxylic acids is 1. The number of carboxylic acids is 1. The van der Waals surface area contributed by atoms with Gasteiger partial charge in [0.1, 0.15) is 11.6 Å². The van der Waals surface area contributed by atoms with Gasteiger partial charge in [0.15, 0.2) is 9.84 Å². The predicted molar refractivity (Wildman–Crippen MR) is 74.0 cm³/mol. The SMILES string of the molecule is CC(C)(C)OC(=O)N[C@@H](CCC=CS(C)(=O)=O)C(=O)O. The molecule has 2 N–H and O–H groups in total. The number of sulfone groups is 1. The molecule has 20 heavy (non-hydrogen) atoms. The molecule has 1 atom stereocenters. The topological polar surface area (TPSA) is 110 Å². The van der Waals surface area contributed by atoms with E-state index in [4.69, 9.17) is 9.84 Å². The van der Waals surface area contributed by atoms with E-state index in [0.717, 1.165) is 11.7 Å². The van der Waals surface area contributed by atoms with Crippen LogP contribution in [-0.2, 0) is 19.4 Å². The van der Waals surface area contributed by atoms with Crippen molar-refractivity contribution >= 4 is 21.9 Å². The summed E-state index contributed by atoms with van der Waals surface area (Å²) in [4.78, 5) is 22.4. The summed E-state index contributed by atoms with van der Waals surface area (Å²) in [6, 6.07) is -1.13. The number of hydrogen-bond donors (Lipinski definition) is 2. The molecule has 116 valence electrons. The lowest BCUT2D eigenvalue weighted by Crippen LogP contribution is -2.43.